The van der Waals surface area contributed by atoms with Crippen LogP contribution < -0.4 is 5.73 Å². The summed E-state index contributed by atoms with van der Waals surface area (Å²) in [6.45, 7) is 3.41. The third-order valence-corrected chi connectivity index (χ3v) is 3.57. The third kappa shape index (κ3) is 4.21. The topological polar surface area (TPSA) is 67.6 Å². The van der Waals surface area contributed by atoms with Crippen LogP contribution in [0.2, 0.25) is 0 Å². The molecule has 1 heterocycles. The van der Waals surface area contributed by atoms with Gasteiger partial charge in [-0.15, -0.1) is 5.10 Å². The molecule has 0 saturated carbocycles. The van der Waals surface area contributed by atoms with Gasteiger partial charge in [0.2, 0.25) is 5.16 Å². The van der Waals surface area contributed by atoms with Crippen molar-refractivity contribution in [2.24, 2.45) is 5.73 Å². The number of nitrogens with two attached hydrogens (primary N) is 1. The molecule has 0 spiro atoms. The first-order valence-corrected chi connectivity index (χ1v) is 7.10. The molecule has 0 aliphatic heterocycles. The number of benzene rings is 1. The van der Waals surface area contributed by atoms with Gasteiger partial charge in [0.05, 0.1) is 5.56 Å². The molecule has 0 aliphatic rings. The maximum Gasteiger partial charge on any atom is 0.416 e. The van der Waals surface area contributed by atoms with Crippen molar-refractivity contribution in [2.45, 2.75) is 42.5 Å². The Kier molecular flexibility index (Phi) is 4.58. The summed E-state index contributed by atoms with van der Waals surface area (Å²) in [5.41, 5.74) is 5.15. The molecule has 0 saturated heterocycles. The van der Waals surface area contributed by atoms with Crippen molar-refractivity contribution >= 4 is 11.8 Å². The molecule has 0 radical (unpaired) electrons. The van der Waals surface area contributed by atoms with Crippen molar-refractivity contribution in [3.05, 3.63) is 35.2 Å². The van der Waals surface area contributed by atoms with E-state index < -0.39 is 11.7 Å². The lowest BCUT2D eigenvalue weighted by molar-refractivity contribution is -0.138. The van der Waals surface area contributed by atoms with Crippen LogP contribution in [0.1, 0.15) is 23.9 Å². The standard InChI is InChI=1S/C13H15F3N4S/c1-7(17)5-9-3-4-10(6-11(9)13(14,15)16)21-12-18-8(2)19-20-12/h3-4,6-7H,5,17H2,1-2H3,(H,18,19,20). The van der Waals surface area contributed by atoms with Gasteiger partial charge in [-0.05, 0) is 49.7 Å². The number of halogens is 3. The van der Waals surface area contributed by atoms with E-state index in [4.69, 9.17) is 5.73 Å². The second kappa shape index (κ2) is 6.07. The molecule has 1 atom stereocenters. The highest BCUT2D eigenvalue weighted by atomic mass is 32.2. The van der Waals surface area contributed by atoms with Crippen LogP contribution in [0.15, 0.2) is 28.3 Å². The predicted octanol–water partition coefficient (Wildman–Crippen LogP) is 3.17. The Morgan fingerprint density at radius 3 is 2.62 bits per heavy atom. The second-order valence-electron chi connectivity index (χ2n) is 4.80. The molecule has 4 nitrogen and oxygen atoms in total. The van der Waals surface area contributed by atoms with E-state index in [-0.39, 0.29) is 18.0 Å². The zero-order chi connectivity index (χ0) is 15.6. The molecule has 0 bridgehead atoms. The summed E-state index contributed by atoms with van der Waals surface area (Å²) in [6, 6.07) is 3.88. The molecule has 0 fully saturated rings. The zero-order valence-corrected chi connectivity index (χ0v) is 12.3. The van der Waals surface area contributed by atoms with Crippen LogP contribution in [-0.2, 0) is 12.6 Å². The first kappa shape index (κ1) is 15.8. The summed E-state index contributed by atoms with van der Waals surface area (Å²) < 4.78 is 39.4. The lowest BCUT2D eigenvalue weighted by Gasteiger charge is -2.15. The number of aryl methyl sites for hydroxylation is 1. The van der Waals surface area contributed by atoms with Crippen molar-refractivity contribution < 1.29 is 13.2 Å². The number of hydrogen-bond acceptors (Lipinski definition) is 4. The molecule has 1 aromatic heterocycles. The van der Waals surface area contributed by atoms with Gasteiger partial charge in [-0.25, -0.2) is 4.98 Å². The van der Waals surface area contributed by atoms with Gasteiger partial charge in [-0.1, -0.05) is 6.07 Å². The molecule has 2 aromatic rings. The van der Waals surface area contributed by atoms with Gasteiger partial charge in [0.25, 0.3) is 0 Å². The van der Waals surface area contributed by atoms with Crippen LogP contribution in [0.5, 0.6) is 0 Å². The summed E-state index contributed by atoms with van der Waals surface area (Å²) in [4.78, 5) is 4.50. The molecule has 1 unspecified atom stereocenters. The van der Waals surface area contributed by atoms with Gasteiger partial charge in [0, 0.05) is 10.9 Å². The second-order valence-corrected chi connectivity index (χ2v) is 5.84. The number of aromatic nitrogens is 3. The van der Waals surface area contributed by atoms with Crippen LogP contribution in [0.25, 0.3) is 0 Å². The highest BCUT2D eigenvalue weighted by Gasteiger charge is 2.33. The first-order valence-electron chi connectivity index (χ1n) is 6.28. The molecule has 0 aliphatic carbocycles. The fourth-order valence-electron chi connectivity index (χ4n) is 1.88. The van der Waals surface area contributed by atoms with Gasteiger partial charge >= 0.3 is 6.18 Å². The predicted molar refractivity (Wildman–Crippen MR) is 74.0 cm³/mol. The zero-order valence-electron chi connectivity index (χ0n) is 11.5. The Morgan fingerprint density at radius 1 is 1.38 bits per heavy atom. The molecule has 8 heteroatoms. The van der Waals surface area contributed by atoms with Crippen LogP contribution in [0, 0.1) is 6.92 Å². The quantitative estimate of drug-likeness (QED) is 0.909. The highest BCUT2D eigenvalue weighted by molar-refractivity contribution is 7.99. The average molecular weight is 316 g/mol. The fraction of sp³-hybridized carbons (Fsp3) is 0.385. The Bertz CT molecular complexity index is 622. The van der Waals surface area contributed by atoms with E-state index >= 15 is 0 Å². The summed E-state index contributed by atoms with van der Waals surface area (Å²) in [5, 5.41) is 6.94. The van der Waals surface area contributed by atoms with Crippen molar-refractivity contribution in [3.63, 3.8) is 0 Å². The molecule has 2 rings (SSSR count). The number of nitrogens with zero attached hydrogens (tertiary/aromatic N) is 2. The number of alkyl halides is 3. The van der Waals surface area contributed by atoms with Gasteiger partial charge in [-0.2, -0.15) is 13.2 Å². The van der Waals surface area contributed by atoms with E-state index in [1.54, 1.807) is 19.9 Å². The van der Waals surface area contributed by atoms with Crippen molar-refractivity contribution in [1.29, 1.82) is 0 Å². The minimum atomic E-state index is -4.41. The van der Waals surface area contributed by atoms with E-state index in [0.29, 0.717) is 15.9 Å². The Morgan fingerprint density at radius 2 is 2.10 bits per heavy atom. The normalized spacial score (nSPS) is 13.4. The van der Waals surface area contributed by atoms with Crippen molar-refractivity contribution in [1.82, 2.24) is 15.2 Å². The van der Waals surface area contributed by atoms with Gasteiger partial charge < -0.3 is 5.73 Å². The fourth-order valence-corrected chi connectivity index (χ4v) is 2.68. The molecular formula is C13H15F3N4S. The molecule has 3 N–H and O–H groups in total. The van der Waals surface area contributed by atoms with E-state index in [2.05, 4.69) is 15.2 Å². The van der Waals surface area contributed by atoms with E-state index in [1.807, 2.05) is 0 Å². The van der Waals surface area contributed by atoms with E-state index in [0.717, 1.165) is 17.8 Å². The van der Waals surface area contributed by atoms with Gasteiger partial charge in [0.15, 0.2) is 0 Å². The smallest absolute Gasteiger partial charge is 0.328 e. The monoisotopic (exact) mass is 316 g/mol. The maximum atomic E-state index is 13.1. The number of H-pyrrole nitrogens is 1. The van der Waals surface area contributed by atoms with Crippen LogP contribution in [0.3, 0.4) is 0 Å². The van der Waals surface area contributed by atoms with Gasteiger partial charge in [-0.3, -0.25) is 5.10 Å². The largest absolute Gasteiger partial charge is 0.416 e. The van der Waals surface area contributed by atoms with E-state index in [9.17, 15) is 13.2 Å². The Balaban J connectivity index is 2.32. The van der Waals surface area contributed by atoms with Gasteiger partial charge in [0.1, 0.15) is 5.82 Å². The lowest BCUT2D eigenvalue weighted by Crippen LogP contribution is -2.20. The molecular weight excluding hydrogens is 301 g/mol. The number of nitrogens with one attached hydrogen (secondary N) is 1. The van der Waals surface area contributed by atoms with Crippen molar-refractivity contribution in [3.8, 4) is 0 Å². The highest BCUT2D eigenvalue weighted by Crippen LogP contribution is 2.36. The summed E-state index contributed by atoms with van der Waals surface area (Å²) in [6.07, 6.45) is -4.23. The minimum absolute atomic E-state index is 0.180. The first-order chi connectivity index (χ1) is 9.75. The Hall–Kier alpha value is -1.54. The Labute approximate surface area is 124 Å². The molecule has 21 heavy (non-hydrogen) atoms. The third-order valence-electron chi connectivity index (χ3n) is 2.71. The number of aromatic amines is 1. The average Bonchev–Trinajstić information content (AvgIpc) is 2.75. The van der Waals surface area contributed by atoms with Crippen molar-refractivity contribution in [2.75, 3.05) is 0 Å². The maximum absolute atomic E-state index is 13.1. The number of hydrogen-bond donors (Lipinski definition) is 2. The van der Waals surface area contributed by atoms with Crippen LogP contribution in [-0.4, -0.2) is 21.2 Å². The summed E-state index contributed by atoms with van der Waals surface area (Å²) in [7, 11) is 0. The molecule has 0 amide bonds. The molecule has 1 aromatic carbocycles. The number of rotatable bonds is 4. The van der Waals surface area contributed by atoms with Crippen LogP contribution in [0.4, 0.5) is 13.2 Å². The summed E-state index contributed by atoms with van der Waals surface area (Å²) in [5.74, 6) is 0.613. The SMILES string of the molecule is Cc1nc(Sc2ccc(CC(C)N)c(C(F)(F)F)c2)n[nH]1. The lowest BCUT2D eigenvalue weighted by atomic mass is 10.0. The van der Waals surface area contributed by atoms with Crippen LogP contribution >= 0.6 is 11.8 Å². The molecule has 114 valence electrons. The summed E-state index contributed by atoms with van der Waals surface area (Å²) >= 11 is 1.08. The van der Waals surface area contributed by atoms with E-state index in [1.165, 1.54) is 6.07 Å². The minimum Gasteiger partial charge on any atom is -0.328 e.